The Morgan fingerprint density at radius 2 is 1.55 bits per heavy atom. The quantitative estimate of drug-likeness (QED) is 0.644. The third-order valence-corrected chi connectivity index (χ3v) is 2.69. The van der Waals surface area contributed by atoms with Gasteiger partial charge in [0.05, 0.1) is 4.90 Å². The molecule has 0 unspecified atom stereocenters. The molecule has 0 N–H and O–H groups in total. The molecule has 0 aliphatic rings. The van der Waals surface area contributed by atoms with Crippen molar-refractivity contribution in [3.05, 3.63) is 29.3 Å². The molecular weight excluding hydrogens is 160 g/mol. The summed E-state index contributed by atoms with van der Waals surface area (Å²) in [4.78, 5) is 0.461. The van der Waals surface area contributed by atoms with E-state index in [0.29, 0.717) is 4.90 Å². The highest BCUT2D eigenvalue weighted by atomic mass is 32.2. The fraction of sp³-hybridized carbons (Fsp3) is 0.250. The van der Waals surface area contributed by atoms with Crippen molar-refractivity contribution < 1.29 is 8.42 Å². The lowest BCUT2D eigenvalue weighted by Crippen LogP contribution is -1.89. The molecular formula is C8H10O2S. The van der Waals surface area contributed by atoms with Crippen molar-refractivity contribution >= 4 is 10.7 Å². The molecule has 1 rings (SSSR count). The predicted octanol–water partition coefficient (Wildman–Crippen LogP) is 1.27. The minimum Gasteiger partial charge on any atom is -0.227 e. The van der Waals surface area contributed by atoms with E-state index >= 15 is 0 Å². The largest absolute Gasteiger partial charge is 0.227 e. The second-order valence-electron chi connectivity index (χ2n) is 2.50. The number of hydrogen-bond acceptors (Lipinski definition) is 2. The summed E-state index contributed by atoms with van der Waals surface area (Å²) >= 11 is 0. The van der Waals surface area contributed by atoms with Crippen LogP contribution in [0.25, 0.3) is 0 Å². The zero-order chi connectivity index (χ0) is 8.43. The minimum absolute atomic E-state index is 0.461. The summed E-state index contributed by atoms with van der Waals surface area (Å²) in [5.74, 6) is 0. The van der Waals surface area contributed by atoms with Gasteiger partial charge in [-0.2, -0.15) is 0 Å². The van der Waals surface area contributed by atoms with Crippen LogP contribution in [0, 0.1) is 13.8 Å². The lowest BCUT2D eigenvalue weighted by atomic mass is 10.2. The Bertz CT molecular complexity index is 312. The second-order valence-corrected chi connectivity index (χ2v) is 3.46. The number of rotatable bonds is 1. The molecule has 60 valence electrons. The Hall–Kier alpha value is -0.830. The molecule has 0 aliphatic carbocycles. The van der Waals surface area contributed by atoms with Crippen molar-refractivity contribution in [1.29, 1.82) is 0 Å². The summed E-state index contributed by atoms with van der Waals surface area (Å²) in [7, 11) is -2.44. The van der Waals surface area contributed by atoms with Gasteiger partial charge in [-0.15, -0.1) is 0 Å². The molecule has 0 saturated heterocycles. The van der Waals surface area contributed by atoms with Crippen LogP contribution in [0.5, 0.6) is 0 Å². The van der Waals surface area contributed by atoms with Crippen molar-refractivity contribution in [3.8, 4) is 0 Å². The highest BCUT2D eigenvalue weighted by Crippen LogP contribution is 2.13. The lowest BCUT2D eigenvalue weighted by molar-refractivity contribution is 0.613. The maximum Gasteiger partial charge on any atom is 0.168 e. The van der Waals surface area contributed by atoms with Crippen molar-refractivity contribution in [2.75, 3.05) is 0 Å². The van der Waals surface area contributed by atoms with Crippen LogP contribution >= 0.6 is 0 Å². The van der Waals surface area contributed by atoms with E-state index < -0.39 is 10.7 Å². The van der Waals surface area contributed by atoms with Crippen molar-refractivity contribution in [1.82, 2.24) is 0 Å². The van der Waals surface area contributed by atoms with Gasteiger partial charge in [0.15, 0.2) is 10.7 Å². The zero-order valence-corrected chi connectivity index (χ0v) is 7.39. The van der Waals surface area contributed by atoms with Crippen LogP contribution in [0.15, 0.2) is 23.1 Å². The van der Waals surface area contributed by atoms with Gasteiger partial charge in [-0.3, -0.25) is 0 Å². The summed E-state index contributed by atoms with van der Waals surface area (Å²) in [5, 5.41) is 0. The van der Waals surface area contributed by atoms with Crippen molar-refractivity contribution in [2.45, 2.75) is 18.7 Å². The lowest BCUT2D eigenvalue weighted by Gasteiger charge is -2.00. The molecule has 0 bridgehead atoms. The Balaban J connectivity index is 3.44. The van der Waals surface area contributed by atoms with Crippen molar-refractivity contribution in [3.63, 3.8) is 0 Å². The summed E-state index contributed by atoms with van der Waals surface area (Å²) in [5.41, 5.74) is 1.64. The van der Waals surface area contributed by atoms with Crippen LogP contribution in [0.1, 0.15) is 11.1 Å². The van der Waals surface area contributed by atoms with Gasteiger partial charge in [-0.1, -0.05) is 18.2 Å². The molecule has 0 atom stereocenters. The molecule has 0 amide bonds. The smallest absolute Gasteiger partial charge is 0.168 e. The zero-order valence-electron chi connectivity index (χ0n) is 6.50. The van der Waals surface area contributed by atoms with E-state index in [0.717, 1.165) is 11.1 Å². The summed E-state index contributed by atoms with van der Waals surface area (Å²) in [6.45, 7) is 3.60. The fourth-order valence-electron chi connectivity index (χ4n) is 1.09. The van der Waals surface area contributed by atoms with Crippen LogP contribution in [0.4, 0.5) is 0 Å². The average molecular weight is 170 g/mol. The third-order valence-electron chi connectivity index (χ3n) is 1.62. The van der Waals surface area contributed by atoms with Gasteiger partial charge < -0.3 is 0 Å². The van der Waals surface area contributed by atoms with E-state index in [1.165, 1.54) is 0 Å². The molecule has 1 aromatic rings. The van der Waals surface area contributed by atoms with E-state index in [-0.39, 0.29) is 0 Å². The molecule has 0 fully saturated rings. The van der Waals surface area contributed by atoms with Crippen LogP contribution in [0.3, 0.4) is 0 Å². The van der Waals surface area contributed by atoms with Gasteiger partial charge in [-0.25, -0.2) is 8.42 Å². The molecule has 3 heteroatoms. The Morgan fingerprint density at radius 3 is 1.82 bits per heavy atom. The van der Waals surface area contributed by atoms with Gasteiger partial charge in [0.25, 0.3) is 0 Å². The molecule has 11 heavy (non-hydrogen) atoms. The molecule has 0 saturated carbocycles. The Morgan fingerprint density at radius 1 is 1.09 bits per heavy atom. The maximum absolute atomic E-state index is 10.7. The monoisotopic (exact) mass is 170 g/mol. The van der Waals surface area contributed by atoms with E-state index in [1.54, 1.807) is 26.0 Å². The van der Waals surface area contributed by atoms with E-state index in [4.69, 9.17) is 0 Å². The summed E-state index contributed by atoms with van der Waals surface area (Å²) in [6, 6.07) is 5.45. The molecule has 0 heterocycles. The van der Waals surface area contributed by atoms with Gasteiger partial charge in [0.2, 0.25) is 0 Å². The number of thiol groups is 1. The molecule has 0 spiro atoms. The van der Waals surface area contributed by atoms with Gasteiger partial charge in [0, 0.05) is 0 Å². The molecule has 0 aromatic heterocycles. The maximum atomic E-state index is 10.7. The Kier molecular flexibility index (Phi) is 2.29. The topological polar surface area (TPSA) is 34.1 Å². The van der Waals surface area contributed by atoms with E-state index in [2.05, 4.69) is 0 Å². The summed E-state index contributed by atoms with van der Waals surface area (Å²) in [6.07, 6.45) is 0. The number of hydrogen-bond donors (Lipinski definition) is 1. The molecule has 2 nitrogen and oxygen atoms in total. The fourth-order valence-corrected chi connectivity index (χ4v) is 1.82. The van der Waals surface area contributed by atoms with Crippen molar-refractivity contribution in [2.24, 2.45) is 0 Å². The molecule has 0 aliphatic heterocycles. The summed E-state index contributed by atoms with van der Waals surface area (Å²) < 4.78 is 21.4. The molecule has 0 radical (unpaired) electrons. The van der Waals surface area contributed by atoms with Crippen LogP contribution in [0.2, 0.25) is 0 Å². The van der Waals surface area contributed by atoms with Crippen LogP contribution < -0.4 is 0 Å². The number of benzene rings is 1. The third kappa shape index (κ3) is 1.60. The van der Waals surface area contributed by atoms with Crippen LogP contribution in [-0.4, -0.2) is 8.42 Å². The number of aryl methyl sites for hydroxylation is 2. The van der Waals surface area contributed by atoms with E-state index in [1.807, 2.05) is 6.07 Å². The first-order valence-electron chi connectivity index (χ1n) is 3.33. The standard InChI is InChI=1S/C8H10O2S/c1-6-4-3-5-7(2)8(6)11(9)10/h3-5,11H,1-2H3. The minimum atomic E-state index is -2.44. The van der Waals surface area contributed by atoms with Gasteiger partial charge in [-0.05, 0) is 25.0 Å². The first-order valence-corrected chi connectivity index (χ1v) is 4.51. The average Bonchev–Trinajstić information content (AvgIpc) is 1.85. The Labute approximate surface area is 67.8 Å². The van der Waals surface area contributed by atoms with Gasteiger partial charge >= 0.3 is 0 Å². The normalized spacial score (nSPS) is 10.5. The predicted molar refractivity (Wildman–Crippen MR) is 44.5 cm³/mol. The van der Waals surface area contributed by atoms with E-state index in [9.17, 15) is 8.42 Å². The highest BCUT2D eigenvalue weighted by molar-refractivity contribution is 7.72. The second kappa shape index (κ2) is 3.05. The first-order chi connectivity index (χ1) is 5.13. The highest BCUT2D eigenvalue weighted by Gasteiger charge is 2.02. The molecule has 1 aromatic carbocycles. The SMILES string of the molecule is Cc1cccc(C)c1[SH](=O)=O. The van der Waals surface area contributed by atoms with Crippen LogP contribution in [-0.2, 0) is 10.7 Å². The first kappa shape index (κ1) is 8.27. The van der Waals surface area contributed by atoms with Gasteiger partial charge in [0.1, 0.15) is 0 Å².